The molecule has 0 radical (unpaired) electrons. The van der Waals surface area contributed by atoms with Crippen LogP contribution in [0.25, 0.3) is 0 Å². The van der Waals surface area contributed by atoms with Crippen molar-refractivity contribution >= 4 is 29.3 Å². The molecule has 122 valence electrons. The number of thioether (sulfide) groups is 1. The Kier molecular flexibility index (Phi) is 4.03. The SMILES string of the molecule is O=C1CSc2ccc(C(=O)N3CCO[C@H]4CCCC[C@@H]43)cc2N1. The van der Waals surface area contributed by atoms with Gasteiger partial charge in [0.15, 0.2) is 0 Å². The Labute approximate surface area is 139 Å². The summed E-state index contributed by atoms with van der Waals surface area (Å²) in [6.45, 7) is 1.27. The van der Waals surface area contributed by atoms with Crippen molar-refractivity contribution in [2.24, 2.45) is 0 Å². The first-order valence-electron chi connectivity index (χ1n) is 8.21. The maximum absolute atomic E-state index is 13.0. The summed E-state index contributed by atoms with van der Waals surface area (Å²) in [6.07, 6.45) is 4.60. The van der Waals surface area contributed by atoms with E-state index in [1.807, 2.05) is 23.1 Å². The van der Waals surface area contributed by atoms with Crippen LogP contribution in [0.15, 0.2) is 23.1 Å². The molecule has 0 bridgehead atoms. The second-order valence-corrected chi connectivity index (χ2v) is 7.32. The lowest BCUT2D eigenvalue weighted by Gasteiger charge is -2.43. The summed E-state index contributed by atoms with van der Waals surface area (Å²) in [6, 6.07) is 5.82. The third-order valence-corrected chi connectivity index (χ3v) is 5.93. The number of hydrogen-bond acceptors (Lipinski definition) is 4. The predicted molar refractivity (Wildman–Crippen MR) is 88.8 cm³/mol. The summed E-state index contributed by atoms with van der Waals surface area (Å²) in [7, 11) is 0. The minimum atomic E-state index is -0.00850. The van der Waals surface area contributed by atoms with Crippen LogP contribution in [0.2, 0.25) is 0 Å². The molecule has 1 aromatic carbocycles. The van der Waals surface area contributed by atoms with E-state index in [1.54, 1.807) is 0 Å². The lowest BCUT2D eigenvalue weighted by molar-refractivity contribution is -0.113. The van der Waals surface area contributed by atoms with Crippen LogP contribution in [0.1, 0.15) is 36.0 Å². The van der Waals surface area contributed by atoms with Gasteiger partial charge in [0.05, 0.1) is 30.2 Å². The van der Waals surface area contributed by atoms with Gasteiger partial charge in [-0.05, 0) is 31.0 Å². The van der Waals surface area contributed by atoms with E-state index in [-0.39, 0.29) is 24.0 Å². The summed E-state index contributed by atoms with van der Waals surface area (Å²) in [5, 5.41) is 2.86. The first-order chi connectivity index (χ1) is 11.2. The number of carbonyl (C=O) groups excluding carboxylic acids is 2. The van der Waals surface area contributed by atoms with Crippen molar-refractivity contribution in [2.45, 2.75) is 42.7 Å². The van der Waals surface area contributed by atoms with E-state index in [2.05, 4.69) is 5.32 Å². The van der Waals surface area contributed by atoms with Crippen LogP contribution < -0.4 is 5.32 Å². The van der Waals surface area contributed by atoms with Crippen LogP contribution in [0.3, 0.4) is 0 Å². The number of ether oxygens (including phenoxy) is 1. The van der Waals surface area contributed by atoms with E-state index in [1.165, 1.54) is 18.2 Å². The summed E-state index contributed by atoms with van der Waals surface area (Å²) in [5.74, 6) is 0.483. The van der Waals surface area contributed by atoms with E-state index in [9.17, 15) is 9.59 Å². The fourth-order valence-electron chi connectivity index (χ4n) is 3.73. The van der Waals surface area contributed by atoms with Crippen molar-refractivity contribution in [1.29, 1.82) is 0 Å². The fourth-order valence-corrected chi connectivity index (χ4v) is 4.52. The normalized spacial score (nSPS) is 27.0. The van der Waals surface area contributed by atoms with Crippen molar-refractivity contribution in [2.75, 3.05) is 24.2 Å². The van der Waals surface area contributed by atoms with Crippen LogP contribution in [0.4, 0.5) is 5.69 Å². The summed E-state index contributed by atoms with van der Waals surface area (Å²) in [5.41, 5.74) is 1.41. The Balaban J connectivity index is 1.58. The van der Waals surface area contributed by atoms with E-state index >= 15 is 0 Å². The molecule has 6 heteroatoms. The van der Waals surface area contributed by atoms with Gasteiger partial charge >= 0.3 is 0 Å². The number of fused-ring (bicyclic) bond motifs is 2. The van der Waals surface area contributed by atoms with Crippen molar-refractivity contribution in [3.8, 4) is 0 Å². The number of nitrogens with zero attached hydrogens (tertiary/aromatic N) is 1. The summed E-state index contributed by atoms with van der Waals surface area (Å²) >= 11 is 1.51. The van der Waals surface area contributed by atoms with Crippen LogP contribution in [-0.4, -0.2) is 47.8 Å². The molecule has 1 saturated heterocycles. The van der Waals surface area contributed by atoms with E-state index in [0.29, 0.717) is 24.5 Å². The molecule has 1 N–H and O–H groups in total. The molecular formula is C17H20N2O3S. The lowest BCUT2D eigenvalue weighted by atomic mass is 9.89. The molecule has 2 fully saturated rings. The van der Waals surface area contributed by atoms with Crippen LogP contribution in [0.5, 0.6) is 0 Å². The number of nitrogens with one attached hydrogen (secondary N) is 1. The first kappa shape index (κ1) is 15.0. The van der Waals surface area contributed by atoms with Gasteiger partial charge in [-0.1, -0.05) is 12.8 Å². The number of anilines is 1. The molecule has 23 heavy (non-hydrogen) atoms. The molecule has 2 amide bonds. The smallest absolute Gasteiger partial charge is 0.254 e. The van der Waals surface area contributed by atoms with E-state index in [0.717, 1.165) is 29.8 Å². The first-order valence-corrected chi connectivity index (χ1v) is 9.20. The summed E-state index contributed by atoms with van der Waals surface area (Å²) < 4.78 is 5.85. The third-order valence-electron chi connectivity index (χ3n) is 4.85. The Hall–Kier alpha value is -1.53. The molecule has 2 atom stereocenters. The van der Waals surface area contributed by atoms with Gasteiger partial charge in [-0.2, -0.15) is 0 Å². The zero-order valence-corrected chi connectivity index (χ0v) is 13.7. The van der Waals surface area contributed by atoms with Crippen LogP contribution >= 0.6 is 11.8 Å². The molecule has 2 aliphatic heterocycles. The van der Waals surface area contributed by atoms with Crippen molar-refractivity contribution < 1.29 is 14.3 Å². The predicted octanol–water partition coefficient (Wildman–Crippen LogP) is 2.51. The zero-order chi connectivity index (χ0) is 15.8. The van der Waals surface area contributed by atoms with Crippen LogP contribution in [-0.2, 0) is 9.53 Å². The van der Waals surface area contributed by atoms with Gasteiger partial charge in [-0.3, -0.25) is 9.59 Å². The average molecular weight is 332 g/mol. The Morgan fingerprint density at radius 3 is 3.09 bits per heavy atom. The number of hydrogen-bond donors (Lipinski definition) is 1. The number of benzene rings is 1. The minimum Gasteiger partial charge on any atom is -0.374 e. The monoisotopic (exact) mass is 332 g/mol. The molecule has 1 saturated carbocycles. The van der Waals surface area contributed by atoms with Crippen molar-refractivity contribution in [3.63, 3.8) is 0 Å². The average Bonchev–Trinajstić information content (AvgIpc) is 2.60. The zero-order valence-electron chi connectivity index (χ0n) is 12.9. The molecule has 1 aromatic rings. The summed E-state index contributed by atoms with van der Waals surface area (Å²) in [4.78, 5) is 27.5. The molecule has 1 aliphatic carbocycles. The maximum Gasteiger partial charge on any atom is 0.254 e. The second-order valence-electron chi connectivity index (χ2n) is 6.31. The number of carbonyl (C=O) groups is 2. The quantitative estimate of drug-likeness (QED) is 0.858. The highest BCUT2D eigenvalue weighted by atomic mass is 32.2. The molecule has 4 rings (SSSR count). The highest BCUT2D eigenvalue weighted by Gasteiger charge is 2.37. The highest BCUT2D eigenvalue weighted by Crippen LogP contribution is 2.34. The molecule has 5 nitrogen and oxygen atoms in total. The number of morpholine rings is 1. The topological polar surface area (TPSA) is 58.6 Å². The molecule has 3 aliphatic rings. The van der Waals surface area contributed by atoms with Gasteiger partial charge in [0.2, 0.25) is 5.91 Å². The van der Waals surface area contributed by atoms with Gasteiger partial charge < -0.3 is 15.0 Å². The minimum absolute atomic E-state index is 0.00850. The highest BCUT2D eigenvalue weighted by molar-refractivity contribution is 8.00. The molecular weight excluding hydrogens is 312 g/mol. The van der Waals surface area contributed by atoms with Crippen molar-refractivity contribution in [1.82, 2.24) is 4.90 Å². The Morgan fingerprint density at radius 2 is 2.17 bits per heavy atom. The number of amides is 2. The largest absolute Gasteiger partial charge is 0.374 e. The fraction of sp³-hybridized carbons (Fsp3) is 0.529. The molecule has 0 spiro atoms. The number of rotatable bonds is 1. The molecule has 0 aromatic heterocycles. The Morgan fingerprint density at radius 1 is 1.30 bits per heavy atom. The molecule has 0 unspecified atom stereocenters. The molecule has 2 heterocycles. The Bertz CT molecular complexity index is 647. The van der Waals surface area contributed by atoms with Gasteiger partial charge in [0.1, 0.15) is 0 Å². The third kappa shape index (κ3) is 2.85. The standard InChI is InChI=1S/C17H20N2O3S/c20-16-10-23-15-6-5-11(9-12(15)18-16)17(21)19-7-8-22-14-4-2-1-3-13(14)19/h5-6,9,13-14H,1-4,7-8,10H2,(H,18,20)/t13-,14-/m0/s1. The van der Waals surface area contributed by atoms with Crippen molar-refractivity contribution in [3.05, 3.63) is 23.8 Å². The lowest BCUT2D eigenvalue weighted by Crippen LogP contribution is -2.54. The van der Waals surface area contributed by atoms with Crippen LogP contribution in [0, 0.1) is 0 Å². The van der Waals surface area contributed by atoms with Gasteiger partial charge in [0.25, 0.3) is 5.91 Å². The van der Waals surface area contributed by atoms with E-state index in [4.69, 9.17) is 4.74 Å². The maximum atomic E-state index is 13.0. The van der Waals surface area contributed by atoms with E-state index < -0.39 is 0 Å². The van der Waals surface area contributed by atoms with Gasteiger partial charge in [-0.25, -0.2) is 0 Å². The van der Waals surface area contributed by atoms with Gasteiger partial charge in [0, 0.05) is 17.0 Å². The van der Waals surface area contributed by atoms with Gasteiger partial charge in [-0.15, -0.1) is 11.8 Å². The second kappa shape index (κ2) is 6.17.